The Morgan fingerprint density at radius 2 is 1.74 bits per heavy atom. The number of ether oxygens (including phenoxy) is 1. The van der Waals surface area contributed by atoms with Crippen molar-refractivity contribution in [3.05, 3.63) is 76.0 Å². The van der Waals surface area contributed by atoms with Crippen LogP contribution < -0.4 is 10.3 Å². The number of halogens is 1. The zero-order valence-corrected chi connectivity index (χ0v) is 18.7. The average Bonchev–Trinajstić information content (AvgIpc) is 3.30. The molecular formula is C26H24FN3O4. The number of carboxylic acids is 1. The molecule has 2 aromatic heterocycles. The van der Waals surface area contributed by atoms with E-state index >= 15 is 0 Å². The number of methoxy groups -OCH3 is 1. The highest BCUT2D eigenvalue weighted by molar-refractivity contribution is 5.86. The van der Waals surface area contributed by atoms with Gasteiger partial charge in [0, 0.05) is 17.2 Å². The van der Waals surface area contributed by atoms with E-state index in [0.29, 0.717) is 16.8 Å². The Labute approximate surface area is 194 Å². The normalized spacial score (nSPS) is 14.4. The van der Waals surface area contributed by atoms with Crippen molar-refractivity contribution in [3.63, 3.8) is 0 Å². The van der Waals surface area contributed by atoms with Crippen molar-refractivity contribution in [2.45, 2.75) is 38.0 Å². The van der Waals surface area contributed by atoms with Gasteiger partial charge in [-0.15, -0.1) is 0 Å². The van der Waals surface area contributed by atoms with Crippen LogP contribution in [0.5, 0.6) is 5.75 Å². The number of fused-ring (bicyclic) bond motifs is 1. The van der Waals surface area contributed by atoms with Crippen molar-refractivity contribution in [2.75, 3.05) is 7.11 Å². The van der Waals surface area contributed by atoms with Crippen molar-refractivity contribution in [3.8, 4) is 28.1 Å². The molecule has 0 radical (unpaired) electrons. The van der Waals surface area contributed by atoms with Gasteiger partial charge < -0.3 is 9.84 Å². The molecule has 0 amide bonds. The Morgan fingerprint density at radius 1 is 1.06 bits per heavy atom. The summed E-state index contributed by atoms with van der Waals surface area (Å²) in [5, 5.41) is 12.0. The van der Waals surface area contributed by atoms with E-state index in [1.807, 2.05) is 24.3 Å². The molecule has 0 spiro atoms. The SMILES string of the molecule is COc1ccc(-c2ccc(-c3nc4cc(C(=O)O)[nH]n4c(=O)c3C3CCCCC3)cc2)cc1F. The number of carbonyl (C=O) groups is 1. The molecule has 0 unspecified atom stereocenters. The van der Waals surface area contributed by atoms with Crippen LogP contribution in [0.15, 0.2) is 53.3 Å². The fourth-order valence-electron chi connectivity index (χ4n) is 4.79. The number of hydrogen-bond donors (Lipinski definition) is 2. The van der Waals surface area contributed by atoms with Crippen LogP contribution in [0.1, 0.15) is 54.1 Å². The van der Waals surface area contributed by atoms with E-state index in [1.54, 1.807) is 12.1 Å². The minimum atomic E-state index is -1.15. The van der Waals surface area contributed by atoms with Gasteiger partial charge in [0.05, 0.1) is 12.8 Å². The maximum absolute atomic E-state index is 14.2. The third-order valence-electron chi connectivity index (χ3n) is 6.54. The second kappa shape index (κ2) is 8.78. The molecule has 8 heteroatoms. The molecule has 2 heterocycles. The second-order valence-corrected chi connectivity index (χ2v) is 8.61. The topological polar surface area (TPSA) is 96.7 Å². The van der Waals surface area contributed by atoms with E-state index in [4.69, 9.17) is 9.72 Å². The predicted octanol–water partition coefficient (Wildman–Crippen LogP) is 5.25. The molecule has 1 saturated carbocycles. The lowest BCUT2D eigenvalue weighted by Crippen LogP contribution is -2.25. The van der Waals surface area contributed by atoms with Crippen molar-refractivity contribution in [1.82, 2.24) is 14.6 Å². The lowest BCUT2D eigenvalue weighted by molar-refractivity contribution is 0.0690. The van der Waals surface area contributed by atoms with Gasteiger partial charge in [0.2, 0.25) is 0 Å². The molecule has 2 N–H and O–H groups in total. The number of rotatable bonds is 5. The molecule has 4 aromatic rings. The highest BCUT2D eigenvalue weighted by Gasteiger charge is 2.26. The maximum atomic E-state index is 14.2. The molecule has 1 fully saturated rings. The van der Waals surface area contributed by atoms with Gasteiger partial charge in [0.15, 0.2) is 17.2 Å². The first-order chi connectivity index (χ1) is 16.5. The smallest absolute Gasteiger partial charge is 0.353 e. The Balaban J connectivity index is 1.62. The van der Waals surface area contributed by atoms with E-state index in [-0.39, 0.29) is 28.6 Å². The van der Waals surface area contributed by atoms with E-state index in [9.17, 15) is 19.1 Å². The number of nitrogens with one attached hydrogen (secondary N) is 1. The standard InChI is InChI=1S/C26H24FN3O4/c1-34-21-12-11-18(13-19(21)27)15-7-9-17(10-8-15)24-23(16-5-3-2-4-6-16)25(31)30-22(28-24)14-20(29-30)26(32)33/h7-14,16,29H,2-6H2,1H3,(H,32,33). The lowest BCUT2D eigenvalue weighted by atomic mass is 9.82. The van der Waals surface area contributed by atoms with Crippen molar-refractivity contribution < 1.29 is 19.0 Å². The molecule has 5 rings (SSSR count). The summed E-state index contributed by atoms with van der Waals surface area (Å²) < 4.78 is 20.4. The molecule has 0 aliphatic heterocycles. The molecule has 0 saturated heterocycles. The van der Waals surface area contributed by atoms with Gasteiger partial charge in [-0.25, -0.2) is 18.7 Å². The van der Waals surface area contributed by atoms with E-state index in [1.165, 1.54) is 23.8 Å². The first-order valence-corrected chi connectivity index (χ1v) is 11.3. The molecule has 2 aromatic carbocycles. The van der Waals surface area contributed by atoms with Gasteiger partial charge in [-0.05, 0) is 42.0 Å². The summed E-state index contributed by atoms with van der Waals surface area (Å²) in [5.74, 6) is -1.34. The van der Waals surface area contributed by atoms with Crippen LogP contribution in [0.25, 0.3) is 28.0 Å². The van der Waals surface area contributed by atoms with E-state index in [2.05, 4.69) is 5.10 Å². The number of aromatic nitrogens is 3. The molecule has 1 aliphatic carbocycles. The first kappa shape index (κ1) is 21.9. The summed E-state index contributed by atoms with van der Waals surface area (Å²) in [7, 11) is 1.42. The van der Waals surface area contributed by atoms with Crippen molar-refractivity contribution >= 4 is 11.6 Å². The van der Waals surface area contributed by atoms with Gasteiger partial charge >= 0.3 is 5.97 Å². The molecule has 7 nitrogen and oxygen atoms in total. The van der Waals surface area contributed by atoms with Crippen LogP contribution in [0.4, 0.5) is 4.39 Å². The molecule has 0 bridgehead atoms. The van der Waals surface area contributed by atoms with Gasteiger partial charge in [0.1, 0.15) is 5.69 Å². The molecular weight excluding hydrogens is 437 g/mol. The first-order valence-electron chi connectivity index (χ1n) is 11.3. The van der Waals surface area contributed by atoms with Crippen LogP contribution >= 0.6 is 0 Å². The average molecular weight is 461 g/mol. The zero-order valence-electron chi connectivity index (χ0n) is 18.7. The van der Waals surface area contributed by atoms with Crippen LogP contribution in [0, 0.1) is 5.82 Å². The van der Waals surface area contributed by atoms with Gasteiger partial charge in [-0.3, -0.25) is 9.89 Å². The lowest BCUT2D eigenvalue weighted by Gasteiger charge is -2.23. The van der Waals surface area contributed by atoms with Crippen LogP contribution in [-0.2, 0) is 0 Å². The summed E-state index contributed by atoms with van der Waals surface area (Å²) in [6.45, 7) is 0. The Kier molecular flexibility index (Phi) is 5.65. The van der Waals surface area contributed by atoms with Gasteiger partial charge in [-0.2, -0.15) is 0 Å². The number of carboxylic acid groups (broad SMARTS) is 1. The third kappa shape index (κ3) is 3.85. The Bertz CT molecular complexity index is 1430. The summed E-state index contributed by atoms with van der Waals surface area (Å²) in [5.41, 5.74) is 3.37. The minimum absolute atomic E-state index is 0.0626. The van der Waals surface area contributed by atoms with Crippen molar-refractivity contribution in [2.24, 2.45) is 0 Å². The Hall–Kier alpha value is -3.94. The summed E-state index contributed by atoms with van der Waals surface area (Å²) >= 11 is 0. The second-order valence-electron chi connectivity index (χ2n) is 8.61. The van der Waals surface area contributed by atoms with Crippen LogP contribution in [-0.4, -0.2) is 32.8 Å². The van der Waals surface area contributed by atoms with E-state index in [0.717, 1.165) is 43.2 Å². The number of hydrogen-bond acceptors (Lipinski definition) is 4. The largest absolute Gasteiger partial charge is 0.494 e. The fraction of sp³-hybridized carbons (Fsp3) is 0.269. The Morgan fingerprint density at radius 3 is 2.38 bits per heavy atom. The highest BCUT2D eigenvalue weighted by atomic mass is 19.1. The molecule has 34 heavy (non-hydrogen) atoms. The zero-order chi connectivity index (χ0) is 23.8. The van der Waals surface area contributed by atoms with Crippen molar-refractivity contribution in [1.29, 1.82) is 0 Å². The monoisotopic (exact) mass is 461 g/mol. The number of H-pyrrole nitrogens is 1. The fourth-order valence-corrected chi connectivity index (χ4v) is 4.79. The predicted molar refractivity (Wildman–Crippen MR) is 126 cm³/mol. The summed E-state index contributed by atoms with van der Waals surface area (Å²) in [4.78, 5) is 29.7. The van der Waals surface area contributed by atoms with Crippen LogP contribution in [0.2, 0.25) is 0 Å². The van der Waals surface area contributed by atoms with Crippen LogP contribution in [0.3, 0.4) is 0 Å². The summed E-state index contributed by atoms with van der Waals surface area (Å²) in [6.07, 6.45) is 5.01. The third-order valence-corrected chi connectivity index (χ3v) is 6.54. The maximum Gasteiger partial charge on any atom is 0.353 e. The molecule has 1 aliphatic rings. The molecule has 174 valence electrons. The number of aromatic carboxylic acids is 1. The number of benzene rings is 2. The number of aromatic amines is 1. The molecule has 0 atom stereocenters. The van der Waals surface area contributed by atoms with Gasteiger partial charge in [0.25, 0.3) is 5.56 Å². The van der Waals surface area contributed by atoms with E-state index < -0.39 is 11.8 Å². The summed E-state index contributed by atoms with van der Waals surface area (Å²) in [6, 6.07) is 13.6. The van der Waals surface area contributed by atoms with Gasteiger partial charge in [-0.1, -0.05) is 49.6 Å². The minimum Gasteiger partial charge on any atom is -0.494 e. The number of nitrogens with zero attached hydrogens (tertiary/aromatic N) is 2. The quantitative estimate of drug-likeness (QED) is 0.423. The highest BCUT2D eigenvalue weighted by Crippen LogP contribution is 2.36.